The largest absolute Gasteiger partial charge is 0.494 e. The predicted molar refractivity (Wildman–Crippen MR) is 132 cm³/mol. The van der Waals surface area contributed by atoms with E-state index in [1.54, 1.807) is 19.1 Å². The molecule has 1 aliphatic rings. The number of carbonyl (C=O) groups is 1. The van der Waals surface area contributed by atoms with Gasteiger partial charge in [0.05, 0.1) is 30.4 Å². The van der Waals surface area contributed by atoms with Crippen molar-refractivity contribution in [1.82, 2.24) is 9.29 Å². The summed E-state index contributed by atoms with van der Waals surface area (Å²) in [6, 6.07) is 12.3. The minimum absolute atomic E-state index is 0.132. The maximum Gasteiger partial charge on any atom is 0.257 e. The molecule has 0 aliphatic carbocycles. The number of hydrogen-bond acceptors (Lipinski definition) is 7. The second-order valence-corrected chi connectivity index (χ2v) is 10.6. The zero-order valence-electron chi connectivity index (χ0n) is 19.1. The number of carbonyl (C=O) groups excluding carboxylic acids is 1. The summed E-state index contributed by atoms with van der Waals surface area (Å²) in [6.45, 7) is 5.76. The van der Waals surface area contributed by atoms with Gasteiger partial charge in [-0.25, -0.2) is 13.4 Å². The fraction of sp³-hybridized carbons (Fsp3) is 0.333. The van der Waals surface area contributed by atoms with E-state index in [1.807, 2.05) is 29.6 Å². The summed E-state index contributed by atoms with van der Waals surface area (Å²) in [7, 11) is -3.71. The average molecular weight is 502 g/mol. The Kier molecular flexibility index (Phi) is 7.62. The van der Waals surface area contributed by atoms with Crippen molar-refractivity contribution in [3.63, 3.8) is 0 Å². The molecule has 0 saturated carbocycles. The standard InChI is InChI=1S/C24H27N3O5S2/c1-3-12-32-20-8-6-18(7-9-20)21-16-33-24(25-21)26-23(28)19-5-4-17(2)22(15-19)34(29,30)27-10-13-31-14-11-27/h4-9,15-16H,3,10-14H2,1-2H3,(H,25,26,28). The number of morpholine rings is 1. The molecule has 1 aromatic heterocycles. The first kappa shape index (κ1) is 24.3. The zero-order valence-corrected chi connectivity index (χ0v) is 20.7. The Morgan fingerprint density at radius 3 is 2.62 bits per heavy atom. The van der Waals surface area contributed by atoms with Crippen molar-refractivity contribution in [3.05, 3.63) is 59.0 Å². The smallest absolute Gasteiger partial charge is 0.257 e. The van der Waals surface area contributed by atoms with Crippen molar-refractivity contribution in [3.8, 4) is 17.0 Å². The van der Waals surface area contributed by atoms with Gasteiger partial charge in [0.25, 0.3) is 5.91 Å². The van der Waals surface area contributed by atoms with Crippen molar-refractivity contribution < 1.29 is 22.7 Å². The zero-order chi connectivity index (χ0) is 24.1. The molecule has 1 saturated heterocycles. The molecule has 0 atom stereocenters. The topological polar surface area (TPSA) is 97.8 Å². The van der Waals surface area contributed by atoms with E-state index in [1.165, 1.54) is 21.7 Å². The van der Waals surface area contributed by atoms with E-state index in [2.05, 4.69) is 17.2 Å². The SMILES string of the molecule is CCCOc1ccc(-c2csc(NC(=O)c3ccc(C)c(S(=O)(=O)N4CCOCC4)c3)n2)cc1. The van der Waals surface area contributed by atoms with Gasteiger partial charge in [-0.15, -0.1) is 11.3 Å². The lowest BCUT2D eigenvalue weighted by Gasteiger charge is -2.26. The molecular formula is C24H27N3O5S2. The Hall–Kier alpha value is -2.79. The van der Waals surface area contributed by atoms with E-state index in [0.717, 1.165) is 23.4 Å². The maximum atomic E-state index is 13.1. The maximum absolute atomic E-state index is 13.1. The van der Waals surface area contributed by atoms with Gasteiger partial charge in [0.1, 0.15) is 5.75 Å². The molecule has 0 radical (unpaired) electrons. The predicted octanol–water partition coefficient (Wildman–Crippen LogP) is 4.18. The Morgan fingerprint density at radius 1 is 1.18 bits per heavy atom. The van der Waals surface area contributed by atoms with Crippen molar-refractivity contribution in [1.29, 1.82) is 0 Å². The van der Waals surface area contributed by atoms with Crippen LogP contribution < -0.4 is 10.1 Å². The van der Waals surface area contributed by atoms with Gasteiger partial charge in [-0.3, -0.25) is 10.1 Å². The molecule has 4 rings (SSSR count). The summed E-state index contributed by atoms with van der Waals surface area (Å²) in [4.78, 5) is 17.5. The van der Waals surface area contributed by atoms with Crippen LogP contribution in [0.2, 0.25) is 0 Å². The molecule has 8 nitrogen and oxygen atoms in total. The van der Waals surface area contributed by atoms with Gasteiger partial charge in [0, 0.05) is 29.6 Å². The van der Waals surface area contributed by atoms with Gasteiger partial charge in [-0.1, -0.05) is 13.0 Å². The number of benzene rings is 2. The monoisotopic (exact) mass is 501 g/mol. The molecular weight excluding hydrogens is 474 g/mol. The number of rotatable bonds is 8. The van der Waals surface area contributed by atoms with Crippen LogP contribution in [-0.4, -0.2) is 56.5 Å². The molecule has 3 aromatic rings. The van der Waals surface area contributed by atoms with Gasteiger partial charge in [0.15, 0.2) is 5.13 Å². The average Bonchev–Trinajstić information content (AvgIpc) is 3.32. The number of amides is 1. The van der Waals surface area contributed by atoms with Crippen LogP contribution in [0.1, 0.15) is 29.3 Å². The minimum Gasteiger partial charge on any atom is -0.494 e. The van der Waals surface area contributed by atoms with Crippen molar-refractivity contribution in [2.24, 2.45) is 0 Å². The summed E-state index contributed by atoms with van der Waals surface area (Å²) in [5.41, 5.74) is 2.49. The van der Waals surface area contributed by atoms with Gasteiger partial charge >= 0.3 is 0 Å². The van der Waals surface area contributed by atoms with Crippen LogP contribution in [0.4, 0.5) is 5.13 Å². The lowest BCUT2D eigenvalue weighted by molar-refractivity contribution is 0.0730. The number of nitrogens with one attached hydrogen (secondary N) is 1. The first-order valence-electron chi connectivity index (χ1n) is 11.1. The van der Waals surface area contributed by atoms with Gasteiger partial charge in [0.2, 0.25) is 10.0 Å². The highest BCUT2D eigenvalue weighted by Crippen LogP contribution is 2.28. The fourth-order valence-corrected chi connectivity index (χ4v) is 5.89. The Labute approximate surface area is 203 Å². The second kappa shape index (κ2) is 10.6. The first-order chi connectivity index (χ1) is 16.4. The number of hydrogen-bond donors (Lipinski definition) is 1. The van der Waals surface area contributed by atoms with Gasteiger partial charge in [-0.2, -0.15) is 4.31 Å². The van der Waals surface area contributed by atoms with Crippen LogP contribution >= 0.6 is 11.3 Å². The molecule has 0 bridgehead atoms. The number of aryl methyl sites for hydroxylation is 1. The molecule has 2 aromatic carbocycles. The molecule has 1 N–H and O–H groups in total. The molecule has 0 spiro atoms. The molecule has 2 heterocycles. The van der Waals surface area contributed by atoms with Crippen LogP contribution in [0.3, 0.4) is 0 Å². The number of thiazole rings is 1. The Morgan fingerprint density at radius 2 is 1.91 bits per heavy atom. The van der Waals surface area contributed by atoms with Crippen molar-refractivity contribution in [2.45, 2.75) is 25.2 Å². The molecule has 10 heteroatoms. The molecule has 1 fully saturated rings. The van der Waals surface area contributed by atoms with Crippen LogP contribution in [-0.2, 0) is 14.8 Å². The van der Waals surface area contributed by atoms with E-state index in [-0.39, 0.29) is 10.5 Å². The third kappa shape index (κ3) is 5.47. The van der Waals surface area contributed by atoms with Crippen LogP contribution in [0.25, 0.3) is 11.3 Å². The van der Waals surface area contributed by atoms with Crippen molar-refractivity contribution >= 4 is 32.4 Å². The second-order valence-electron chi connectivity index (χ2n) is 7.86. The van der Waals surface area contributed by atoms with E-state index >= 15 is 0 Å². The first-order valence-corrected chi connectivity index (χ1v) is 13.4. The van der Waals surface area contributed by atoms with Gasteiger partial charge in [-0.05, 0) is 55.3 Å². The van der Waals surface area contributed by atoms with E-state index in [0.29, 0.717) is 43.6 Å². The summed E-state index contributed by atoms with van der Waals surface area (Å²) in [6.07, 6.45) is 0.943. The van der Waals surface area contributed by atoms with Crippen LogP contribution in [0.15, 0.2) is 52.7 Å². The highest BCUT2D eigenvalue weighted by atomic mass is 32.2. The highest BCUT2D eigenvalue weighted by Gasteiger charge is 2.28. The minimum atomic E-state index is -3.71. The highest BCUT2D eigenvalue weighted by molar-refractivity contribution is 7.89. The lowest BCUT2D eigenvalue weighted by atomic mass is 10.1. The van der Waals surface area contributed by atoms with Crippen molar-refractivity contribution in [2.75, 3.05) is 38.2 Å². The summed E-state index contributed by atoms with van der Waals surface area (Å²) in [5, 5.41) is 5.08. The fourth-order valence-electron chi connectivity index (χ4n) is 3.52. The number of aromatic nitrogens is 1. The molecule has 1 amide bonds. The molecule has 1 aliphatic heterocycles. The van der Waals surface area contributed by atoms with E-state index in [4.69, 9.17) is 9.47 Å². The molecule has 34 heavy (non-hydrogen) atoms. The van der Waals surface area contributed by atoms with E-state index in [9.17, 15) is 13.2 Å². The Bertz CT molecular complexity index is 1250. The lowest BCUT2D eigenvalue weighted by Crippen LogP contribution is -2.40. The number of anilines is 1. The summed E-state index contributed by atoms with van der Waals surface area (Å²) in [5.74, 6) is 0.388. The normalized spacial score (nSPS) is 14.6. The summed E-state index contributed by atoms with van der Waals surface area (Å²) >= 11 is 1.31. The number of ether oxygens (including phenoxy) is 2. The van der Waals surface area contributed by atoms with Crippen LogP contribution in [0, 0.1) is 6.92 Å². The Balaban J connectivity index is 1.48. The number of nitrogens with zero attached hydrogens (tertiary/aromatic N) is 2. The quantitative estimate of drug-likeness (QED) is 0.497. The van der Waals surface area contributed by atoms with E-state index < -0.39 is 15.9 Å². The molecule has 180 valence electrons. The molecule has 0 unspecified atom stereocenters. The number of sulfonamides is 1. The third-order valence-electron chi connectivity index (χ3n) is 5.39. The third-order valence-corrected chi connectivity index (χ3v) is 8.18. The van der Waals surface area contributed by atoms with Crippen LogP contribution in [0.5, 0.6) is 5.75 Å². The van der Waals surface area contributed by atoms with Gasteiger partial charge < -0.3 is 9.47 Å². The summed E-state index contributed by atoms with van der Waals surface area (Å²) < 4.78 is 38.5.